The fraction of sp³-hybridized carbons (Fsp3) is 0.652. The first kappa shape index (κ1) is 21.1. The lowest BCUT2D eigenvalue weighted by molar-refractivity contribution is -0.117. The molecule has 3 aliphatic rings. The third-order valence-corrected chi connectivity index (χ3v) is 7.14. The highest BCUT2D eigenvalue weighted by atomic mass is 19.1. The molecule has 0 radical (unpaired) electrons. The van der Waals surface area contributed by atoms with Gasteiger partial charge in [0.15, 0.2) is 0 Å². The van der Waals surface area contributed by atoms with E-state index in [4.69, 9.17) is 0 Å². The molecule has 3 fully saturated rings. The molecule has 2 unspecified atom stereocenters. The van der Waals surface area contributed by atoms with Crippen LogP contribution in [0.3, 0.4) is 0 Å². The molecule has 3 amide bonds. The lowest BCUT2D eigenvalue weighted by Gasteiger charge is -2.46. The summed E-state index contributed by atoms with van der Waals surface area (Å²) >= 11 is 0. The predicted molar refractivity (Wildman–Crippen MR) is 115 cm³/mol. The van der Waals surface area contributed by atoms with E-state index in [1.807, 2.05) is 19.0 Å². The summed E-state index contributed by atoms with van der Waals surface area (Å²) in [6, 6.07) is 7.75. The molecule has 7 heteroatoms. The Balaban J connectivity index is 1.37. The van der Waals surface area contributed by atoms with Crippen LogP contribution in [0.25, 0.3) is 0 Å². The van der Waals surface area contributed by atoms with Crippen LogP contribution in [0.2, 0.25) is 0 Å². The van der Waals surface area contributed by atoms with Crippen LogP contribution in [0, 0.1) is 5.82 Å². The standard InChI is InChI=1S/C23H33FN4O2/c1-16(29)27(18-6-4-17(24)5-7-18)19-10-12-26(13-11-19)22-14-20-8-9-21(15-22)28(20)23(30)25(2)3/h4-7,19-22H,8-15H2,1-3H3. The average Bonchev–Trinajstić information content (AvgIpc) is 2.98. The zero-order valence-corrected chi connectivity index (χ0v) is 18.3. The molecule has 0 spiro atoms. The molecule has 164 valence electrons. The number of likely N-dealkylation sites (tertiary alicyclic amines) is 1. The molecular formula is C23H33FN4O2. The first-order valence-electron chi connectivity index (χ1n) is 11.1. The second-order valence-corrected chi connectivity index (χ2v) is 9.23. The minimum Gasteiger partial charge on any atom is -0.331 e. The van der Waals surface area contributed by atoms with Crippen LogP contribution in [0.4, 0.5) is 14.9 Å². The summed E-state index contributed by atoms with van der Waals surface area (Å²) in [4.78, 5) is 33.1. The van der Waals surface area contributed by atoms with Crippen molar-refractivity contribution < 1.29 is 14.0 Å². The van der Waals surface area contributed by atoms with Gasteiger partial charge in [-0.05, 0) is 62.8 Å². The fourth-order valence-corrected chi connectivity index (χ4v) is 5.75. The van der Waals surface area contributed by atoms with E-state index in [1.165, 1.54) is 12.1 Å². The summed E-state index contributed by atoms with van der Waals surface area (Å²) in [6.07, 6.45) is 6.16. The third kappa shape index (κ3) is 4.04. The highest BCUT2D eigenvalue weighted by Gasteiger charge is 2.45. The number of piperidine rings is 2. The van der Waals surface area contributed by atoms with Crippen LogP contribution < -0.4 is 4.90 Å². The summed E-state index contributed by atoms with van der Waals surface area (Å²) in [5.41, 5.74) is 0.774. The molecule has 3 heterocycles. The lowest BCUT2D eigenvalue weighted by Crippen LogP contribution is -2.57. The van der Waals surface area contributed by atoms with Crippen molar-refractivity contribution >= 4 is 17.6 Å². The Hall–Kier alpha value is -2.15. The van der Waals surface area contributed by atoms with Gasteiger partial charge in [0.05, 0.1) is 0 Å². The number of fused-ring (bicyclic) bond motifs is 2. The van der Waals surface area contributed by atoms with E-state index in [2.05, 4.69) is 9.80 Å². The number of anilines is 1. The smallest absolute Gasteiger partial charge is 0.319 e. The first-order chi connectivity index (χ1) is 14.3. The van der Waals surface area contributed by atoms with Gasteiger partial charge >= 0.3 is 6.03 Å². The molecule has 0 aliphatic carbocycles. The Labute approximate surface area is 178 Å². The predicted octanol–water partition coefficient (Wildman–Crippen LogP) is 3.32. The van der Waals surface area contributed by atoms with Gasteiger partial charge in [0.25, 0.3) is 0 Å². The Morgan fingerprint density at radius 3 is 2.00 bits per heavy atom. The maximum Gasteiger partial charge on any atom is 0.319 e. The van der Waals surface area contributed by atoms with E-state index in [0.29, 0.717) is 18.1 Å². The summed E-state index contributed by atoms with van der Waals surface area (Å²) in [6.45, 7) is 3.51. The van der Waals surface area contributed by atoms with Gasteiger partial charge in [0.2, 0.25) is 5.91 Å². The second-order valence-electron chi connectivity index (χ2n) is 9.23. The number of amides is 3. The van der Waals surface area contributed by atoms with Crippen molar-refractivity contribution in [3.8, 4) is 0 Å². The monoisotopic (exact) mass is 416 g/mol. The van der Waals surface area contributed by atoms with Gasteiger partial charge in [-0.25, -0.2) is 9.18 Å². The van der Waals surface area contributed by atoms with Gasteiger partial charge in [-0.2, -0.15) is 0 Å². The Morgan fingerprint density at radius 2 is 1.50 bits per heavy atom. The maximum absolute atomic E-state index is 13.3. The summed E-state index contributed by atoms with van der Waals surface area (Å²) in [5.74, 6) is -0.278. The van der Waals surface area contributed by atoms with Crippen molar-refractivity contribution in [1.29, 1.82) is 0 Å². The SMILES string of the molecule is CC(=O)N(c1ccc(F)cc1)C1CCN(C2CC3CCC(C2)N3C(=O)N(C)C)CC1. The second kappa shape index (κ2) is 8.53. The van der Waals surface area contributed by atoms with E-state index in [-0.39, 0.29) is 23.8 Å². The number of rotatable bonds is 3. The van der Waals surface area contributed by atoms with Crippen molar-refractivity contribution in [1.82, 2.24) is 14.7 Å². The van der Waals surface area contributed by atoms with Crippen LogP contribution in [0.1, 0.15) is 45.4 Å². The number of carbonyl (C=O) groups excluding carboxylic acids is 2. The highest BCUT2D eigenvalue weighted by Crippen LogP contribution is 2.39. The van der Waals surface area contributed by atoms with Crippen molar-refractivity contribution in [2.75, 3.05) is 32.1 Å². The van der Waals surface area contributed by atoms with Crippen LogP contribution >= 0.6 is 0 Å². The normalized spacial score (nSPS) is 27.2. The molecule has 0 aromatic heterocycles. The van der Waals surface area contributed by atoms with Crippen LogP contribution in [0.15, 0.2) is 24.3 Å². The highest BCUT2D eigenvalue weighted by molar-refractivity contribution is 5.92. The molecule has 0 N–H and O–H groups in total. The molecule has 1 aromatic rings. The molecule has 2 atom stereocenters. The van der Waals surface area contributed by atoms with Crippen molar-refractivity contribution in [3.05, 3.63) is 30.1 Å². The molecule has 6 nitrogen and oxygen atoms in total. The molecule has 1 aromatic carbocycles. The molecular weight excluding hydrogens is 383 g/mol. The Morgan fingerprint density at radius 1 is 0.933 bits per heavy atom. The molecule has 2 bridgehead atoms. The number of nitrogens with zero attached hydrogens (tertiary/aromatic N) is 4. The Bertz CT molecular complexity index is 762. The minimum absolute atomic E-state index is 0.00797. The maximum atomic E-state index is 13.3. The summed E-state index contributed by atoms with van der Waals surface area (Å²) in [7, 11) is 3.67. The van der Waals surface area contributed by atoms with Gasteiger partial charge in [0.1, 0.15) is 5.82 Å². The molecule has 0 saturated carbocycles. The molecule has 4 rings (SSSR count). The van der Waals surface area contributed by atoms with Crippen molar-refractivity contribution in [3.63, 3.8) is 0 Å². The van der Waals surface area contributed by atoms with Gasteiger partial charge in [0, 0.05) is 64.0 Å². The van der Waals surface area contributed by atoms with Gasteiger partial charge in [-0.15, -0.1) is 0 Å². The fourth-order valence-electron chi connectivity index (χ4n) is 5.75. The van der Waals surface area contributed by atoms with E-state index in [0.717, 1.165) is 57.3 Å². The zero-order chi connectivity index (χ0) is 21.4. The number of hydrogen-bond donors (Lipinski definition) is 0. The summed E-state index contributed by atoms with van der Waals surface area (Å²) in [5, 5.41) is 0. The van der Waals surface area contributed by atoms with Crippen LogP contribution in [-0.2, 0) is 4.79 Å². The van der Waals surface area contributed by atoms with Crippen molar-refractivity contribution in [2.45, 2.75) is 69.6 Å². The van der Waals surface area contributed by atoms with E-state index < -0.39 is 0 Å². The van der Waals surface area contributed by atoms with Crippen LogP contribution in [0.5, 0.6) is 0 Å². The number of benzene rings is 1. The third-order valence-electron chi connectivity index (χ3n) is 7.14. The zero-order valence-electron chi connectivity index (χ0n) is 18.3. The van der Waals surface area contributed by atoms with Crippen molar-refractivity contribution in [2.24, 2.45) is 0 Å². The lowest BCUT2D eigenvalue weighted by atomic mass is 9.93. The average molecular weight is 417 g/mol. The summed E-state index contributed by atoms with van der Waals surface area (Å²) < 4.78 is 13.3. The van der Waals surface area contributed by atoms with E-state index >= 15 is 0 Å². The van der Waals surface area contributed by atoms with E-state index in [1.54, 1.807) is 24.0 Å². The number of carbonyl (C=O) groups is 2. The number of halogens is 1. The quantitative estimate of drug-likeness (QED) is 0.760. The van der Waals surface area contributed by atoms with Crippen LogP contribution in [-0.4, -0.2) is 78.0 Å². The molecule has 3 aliphatic heterocycles. The van der Waals surface area contributed by atoms with E-state index in [9.17, 15) is 14.0 Å². The largest absolute Gasteiger partial charge is 0.331 e. The van der Waals surface area contributed by atoms with Gasteiger partial charge in [-0.1, -0.05) is 0 Å². The Kier molecular flexibility index (Phi) is 6.00. The number of hydrogen-bond acceptors (Lipinski definition) is 3. The molecule has 30 heavy (non-hydrogen) atoms. The molecule has 3 saturated heterocycles. The first-order valence-corrected chi connectivity index (χ1v) is 11.1. The topological polar surface area (TPSA) is 47.1 Å². The number of urea groups is 1. The van der Waals surface area contributed by atoms with Gasteiger partial charge < -0.3 is 19.6 Å². The van der Waals surface area contributed by atoms with Gasteiger partial charge in [-0.3, -0.25) is 4.79 Å². The minimum atomic E-state index is -0.286.